The van der Waals surface area contributed by atoms with E-state index in [1.807, 2.05) is 68.7 Å². The van der Waals surface area contributed by atoms with Gasteiger partial charge in [-0.2, -0.15) is 0 Å². The Morgan fingerprint density at radius 1 is 1.08 bits per heavy atom. The zero-order valence-electron chi connectivity index (χ0n) is 23.5. The molecule has 0 aliphatic carbocycles. The molecule has 208 valence electrons. The number of hydrazine groups is 1. The summed E-state index contributed by atoms with van der Waals surface area (Å²) in [5.74, 6) is -0.721. The summed E-state index contributed by atoms with van der Waals surface area (Å²) in [6, 6.07) is 16.6. The molecule has 9 nitrogen and oxygen atoms in total. The van der Waals surface area contributed by atoms with Crippen LogP contribution in [-0.2, 0) is 20.8 Å². The van der Waals surface area contributed by atoms with Crippen LogP contribution in [0.1, 0.15) is 43.9 Å². The average molecular weight is 533 g/mol. The first kappa shape index (κ1) is 28.3. The van der Waals surface area contributed by atoms with Crippen LogP contribution >= 0.6 is 0 Å². The summed E-state index contributed by atoms with van der Waals surface area (Å²) in [5.41, 5.74) is 6.70. The summed E-state index contributed by atoms with van der Waals surface area (Å²) in [5, 5.41) is 7.14. The lowest BCUT2D eigenvalue weighted by Crippen LogP contribution is -2.59. The molecule has 2 heterocycles. The number of piperidine rings is 1. The Labute approximate surface area is 230 Å². The van der Waals surface area contributed by atoms with E-state index in [4.69, 9.17) is 5.73 Å². The van der Waals surface area contributed by atoms with Gasteiger partial charge in [-0.05, 0) is 44.7 Å². The molecule has 1 aliphatic rings. The number of nitrogens with zero attached hydrogens (tertiary/aromatic N) is 3. The molecule has 1 aliphatic heterocycles. The number of amides is 3. The normalized spacial score (nSPS) is 18.7. The predicted octanol–water partition coefficient (Wildman–Crippen LogP) is 2.85. The lowest BCUT2D eigenvalue weighted by molar-refractivity contribution is -0.159. The Morgan fingerprint density at radius 3 is 2.41 bits per heavy atom. The molecule has 39 heavy (non-hydrogen) atoms. The first-order valence-electron chi connectivity index (χ1n) is 13.4. The van der Waals surface area contributed by atoms with Crippen LogP contribution in [0.3, 0.4) is 0 Å². The van der Waals surface area contributed by atoms with Gasteiger partial charge in [0.1, 0.15) is 6.04 Å². The molecular formula is C30H40N6O3. The smallest absolute Gasteiger partial charge is 0.249 e. The minimum atomic E-state index is -1.17. The second kappa shape index (κ2) is 11.2. The topological polar surface area (TPSA) is 115 Å². The fraction of sp³-hybridized carbons (Fsp3) is 0.433. The fourth-order valence-electron chi connectivity index (χ4n) is 5.33. The van der Waals surface area contributed by atoms with Gasteiger partial charge in [0.05, 0.1) is 11.0 Å². The Balaban J connectivity index is 1.72. The van der Waals surface area contributed by atoms with Gasteiger partial charge in [0.25, 0.3) is 0 Å². The summed E-state index contributed by atoms with van der Waals surface area (Å²) in [6.45, 7) is 3.97. The average Bonchev–Trinajstić information content (AvgIpc) is 3.34. The van der Waals surface area contributed by atoms with Crippen molar-refractivity contribution in [2.24, 2.45) is 11.1 Å². The van der Waals surface area contributed by atoms with Crippen LogP contribution in [0.25, 0.3) is 10.9 Å². The van der Waals surface area contributed by atoms with Crippen LogP contribution in [0.5, 0.6) is 0 Å². The molecule has 2 aromatic carbocycles. The minimum Gasteiger partial charge on any atom is -0.361 e. The third-order valence-electron chi connectivity index (χ3n) is 7.66. The number of nitrogens with one attached hydrogen (secondary N) is 2. The number of para-hydroxylation sites is 1. The number of carbonyl (C=O) groups is 3. The molecule has 1 aromatic heterocycles. The van der Waals surface area contributed by atoms with Crippen molar-refractivity contribution in [3.63, 3.8) is 0 Å². The van der Waals surface area contributed by atoms with Crippen LogP contribution < -0.4 is 11.1 Å². The second-order valence-electron chi connectivity index (χ2n) is 11.4. The molecule has 1 unspecified atom stereocenters. The Hall–Kier alpha value is -3.69. The van der Waals surface area contributed by atoms with E-state index in [2.05, 4.69) is 10.3 Å². The summed E-state index contributed by atoms with van der Waals surface area (Å²) in [7, 11) is 5.42. The molecule has 2 atom stereocenters. The number of H-pyrrole nitrogens is 1. The van der Waals surface area contributed by atoms with Crippen molar-refractivity contribution >= 4 is 28.6 Å². The van der Waals surface area contributed by atoms with Crippen LogP contribution in [-0.4, -0.2) is 77.4 Å². The zero-order chi connectivity index (χ0) is 28.4. The van der Waals surface area contributed by atoms with Crippen molar-refractivity contribution < 1.29 is 14.4 Å². The quantitative estimate of drug-likeness (QED) is 0.386. The van der Waals surface area contributed by atoms with Gasteiger partial charge in [-0.15, -0.1) is 0 Å². The van der Waals surface area contributed by atoms with E-state index in [0.29, 0.717) is 31.4 Å². The van der Waals surface area contributed by atoms with Crippen molar-refractivity contribution in [3.8, 4) is 0 Å². The third-order valence-corrected chi connectivity index (χ3v) is 7.66. The van der Waals surface area contributed by atoms with Crippen molar-refractivity contribution in [1.29, 1.82) is 0 Å². The van der Waals surface area contributed by atoms with Gasteiger partial charge in [0, 0.05) is 56.9 Å². The third kappa shape index (κ3) is 5.99. The minimum absolute atomic E-state index is 0.0374. The summed E-state index contributed by atoms with van der Waals surface area (Å²) in [6.07, 6.45) is 3.60. The van der Waals surface area contributed by atoms with E-state index >= 15 is 0 Å². The number of hydrogen-bond donors (Lipinski definition) is 3. The van der Waals surface area contributed by atoms with E-state index in [9.17, 15) is 14.4 Å². The molecule has 9 heteroatoms. The van der Waals surface area contributed by atoms with E-state index in [0.717, 1.165) is 16.5 Å². The van der Waals surface area contributed by atoms with E-state index in [1.54, 1.807) is 42.0 Å². The standard InChI is InChI=1S/C30H40N6O3/c1-29(2,31)27(38)33-25(23-19-32-24-15-10-9-14-22(23)24)26(37)36-17-11-16-30(20-36,28(39)35(5)34(3)4)18-21-12-7-6-8-13-21/h6-10,12-15,19,25,32H,11,16-18,20,31H2,1-5H3,(H,33,38)/t25-,30?/m1/s1. The van der Waals surface area contributed by atoms with Crippen molar-refractivity contribution in [2.45, 2.75) is 44.7 Å². The molecule has 1 fully saturated rings. The highest BCUT2D eigenvalue weighted by atomic mass is 16.2. The first-order chi connectivity index (χ1) is 18.4. The number of fused-ring (bicyclic) bond motifs is 1. The van der Waals surface area contributed by atoms with Crippen molar-refractivity contribution in [1.82, 2.24) is 25.2 Å². The Morgan fingerprint density at radius 2 is 1.74 bits per heavy atom. The number of rotatable bonds is 8. The largest absolute Gasteiger partial charge is 0.361 e. The van der Waals surface area contributed by atoms with Crippen molar-refractivity contribution in [3.05, 3.63) is 71.9 Å². The number of nitrogens with two attached hydrogens (primary N) is 1. The molecule has 4 rings (SSSR count). The molecule has 0 saturated carbocycles. The number of benzene rings is 2. The van der Waals surface area contributed by atoms with Gasteiger partial charge in [-0.3, -0.25) is 19.4 Å². The van der Waals surface area contributed by atoms with Gasteiger partial charge in [0.15, 0.2) is 0 Å². The highest BCUT2D eigenvalue weighted by Crippen LogP contribution is 2.37. The second-order valence-corrected chi connectivity index (χ2v) is 11.4. The lowest BCUT2D eigenvalue weighted by atomic mass is 9.74. The molecule has 0 spiro atoms. The summed E-state index contributed by atoms with van der Waals surface area (Å²) in [4.78, 5) is 46.3. The van der Waals surface area contributed by atoms with Crippen LogP contribution in [0.4, 0.5) is 0 Å². The van der Waals surface area contributed by atoms with Crippen LogP contribution in [0.2, 0.25) is 0 Å². The zero-order valence-corrected chi connectivity index (χ0v) is 23.5. The van der Waals surface area contributed by atoms with Gasteiger partial charge >= 0.3 is 0 Å². The van der Waals surface area contributed by atoms with Crippen molar-refractivity contribution in [2.75, 3.05) is 34.2 Å². The monoisotopic (exact) mass is 532 g/mol. The van der Waals surface area contributed by atoms with Gasteiger partial charge in [0.2, 0.25) is 17.7 Å². The Kier molecular flexibility index (Phi) is 8.13. The summed E-state index contributed by atoms with van der Waals surface area (Å²) >= 11 is 0. The fourth-order valence-corrected chi connectivity index (χ4v) is 5.33. The van der Waals surface area contributed by atoms with E-state index < -0.39 is 22.9 Å². The number of carbonyl (C=O) groups excluding carboxylic acids is 3. The summed E-state index contributed by atoms with van der Waals surface area (Å²) < 4.78 is 0. The highest BCUT2D eigenvalue weighted by Gasteiger charge is 2.46. The molecule has 0 radical (unpaired) electrons. The van der Waals surface area contributed by atoms with Gasteiger partial charge in [-0.25, -0.2) is 5.01 Å². The molecule has 0 bridgehead atoms. The maximum Gasteiger partial charge on any atom is 0.249 e. The molecular weight excluding hydrogens is 492 g/mol. The van der Waals surface area contributed by atoms with Gasteiger partial charge < -0.3 is 20.9 Å². The first-order valence-corrected chi connectivity index (χ1v) is 13.4. The van der Waals surface area contributed by atoms with Crippen LogP contribution in [0, 0.1) is 5.41 Å². The lowest BCUT2D eigenvalue weighted by Gasteiger charge is -2.45. The van der Waals surface area contributed by atoms with Crippen LogP contribution in [0.15, 0.2) is 60.8 Å². The Bertz CT molecular complexity index is 1330. The van der Waals surface area contributed by atoms with E-state index in [1.165, 1.54) is 0 Å². The molecule has 1 saturated heterocycles. The number of aromatic nitrogens is 1. The highest BCUT2D eigenvalue weighted by molar-refractivity contribution is 5.96. The molecule has 3 aromatic rings. The molecule has 3 amide bonds. The number of aromatic amines is 1. The molecule has 4 N–H and O–H groups in total. The maximum atomic E-state index is 14.3. The maximum absolute atomic E-state index is 14.3. The predicted molar refractivity (Wildman–Crippen MR) is 152 cm³/mol. The van der Waals surface area contributed by atoms with Gasteiger partial charge in [-0.1, -0.05) is 48.5 Å². The van der Waals surface area contributed by atoms with E-state index in [-0.39, 0.29) is 18.4 Å². The number of hydrogen-bond acceptors (Lipinski definition) is 5. The SMILES string of the molecule is CN(C)N(C)C(=O)C1(Cc2ccccc2)CCCN(C(=O)[C@H](NC(=O)C(C)(C)N)c2c[nH]c3ccccc23)C1. The number of likely N-dealkylation sites (tertiary alicyclic amines) is 1.